The van der Waals surface area contributed by atoms with E-state index in [1.807, 2.05) is 18.3 Å². The third-order valence-electron chi connectivity index (χ3n) is 8.28. The number of rotatable bonds is 7. The van der Waals surface area contributed by atoms with E-state index < -0.39 is 0 Å². The van der Waals surface area contributed by atoms with Crippen molar-refractivity contribution in [2.75, 3.05) is 4.90 Å². The predicted octanol–water partition coefficient (Wildman–Crippen LogP) is 8.24. The first kappa shape index (κ1) is 27.5. The van der Waals surface area contributed by atoms with Crippen LogP contribution in [0.5, 0.6) is 0 Å². The summed E-state index contributed by atoms with van der Waals surface area (Å²) in [6.07, 6.45) is 8.22. The molecular weight excluding hydrogens is 551 g/mol. The van der Waals surface area contributed by atoms with Gasteiger partial charge < -0.3 is 14.8 Å². The molecule has 6 rings (SSSR count). The fraction of sp³-hybridized carbons (Fsp3) is 0.312. The Hall–Kier alpha value is -3.69. The maximum atomic E-state index is 11.0. The maximum absolute atomic E-state index is 11.0. The molecule has 2 atom stereocenters. The first-order valence-electron chi connectivity index (χ1n) is 14.1. The summed E-state index contributed by atoms with van der Waals surface area (Å²) >= 11 is 7.55. The van der Waals surface area contributed by atoms with Crippen molar-refractivity contribution in [1.82, 2.24) is 14.9 Å². The Morgan fingerprint density at radius 1 is 0.976 bits per heavy atom. The van der Waals surface area contributed by atoms with Gasteiger partial charge in [-0.1, -0.05) is 37.1 Å². The van der Waals surface area contributed by atoms with Gasteiger partial charge in [0.1, 0.15) is 0 Å². The van der Waals surface area contributed by atoms with Gasteiger partial charge in [0.15, 0.2) is 5.11 Å². The molecular formula is C32H33N5O2S2. The first-order chi connectivity index (χ1) is 19.9. The second-order valence-electron chi connectivity index (χ2n) is 10.8. The number of aromatic nitrogens is 2. The molecule has 7 nitrogen and oxygen atoms in total. The Labute approximate surface area is 250 Å². The Morgan fingerprint density at radius 2 is 1.66 bits per heavy atom. The van der Waals surface area contributed by atoms with Crippen LogP contribution < -0.4 is 10.2 Å². The van der Waals surface area contributed by atoms with Crippen molar-refractivity contribution in [1.29, 1.82) is 0 Å². The van der Waals surface area contributed by atoms with Gasteiger partial charge in [-0.2, -0.15) is 0 Å². The van der Waals surface area contributed by atoms with E-state index in [1.54, 1.807) is 23.9 Å². The number of nitro groups is 1. The largest absolute Gasteiger partial charge is 0.351 e. The highest BCUT2D eigenvalue weighted by atomic mass is 32.2. The molecule has 0 bridgehead atoms. The van der Waals surface area contributed by atoms with Gasteiger partial charge in [-0.15, -0.1) is 0 Å². The Kier molecular flexibility index (Phi) is 7.81. The number of benzene rings is 2. The fourth-order valence-electron chi connectivity index (χ4n) is 6.40. The average molecular weight is 584 g/mol. The lowest BCUT2D eigenvalue weighted by Crippen LogP contribution is -2.29. The molecule has 1 saturated carbocycles. The van der Waals surface area contributed by atoms with Crippen LogP contribution in [0.3, 0.4) is 0 Å². The van der Waals surface area contributed by atoms with E-state index >= 15 is 0 Å². The van der Waals surface area contributed by atoms with E-state index in [0.29, 0.717) is 11.2 Å². The van der Waals surface area contributed by atoms with Crippen molar-refractivity contribution in [2.24, 2.45) is 0 Å². The minimum Gasteiger partial charge on any atom is -0.351 e. The molecule has 0 radical (unpaired) electrons. The summed E-state index contributed by atoms with van der Waals surface area (Å²) < 4.78 is 2.56. The van der Waals surface area contributed by atoms with E-state index in [1.165, 1.54) is 61.2 Å². The number of nitrogens with one attached hydrogen (secondary N) is 1. The molecule has 0 amide bonds. The highest BCUT2D eigenvalue weighted by Gasteiger charge is 2.42. The van der Waals surface area contributed by atoms with Crippen LogP contribution in [0, 0.1) is 24.0 Å². The second-order valence-corrected chi connectivity index (χ2v) is 12.4. The highest BCUT2D eigenvalue weighted by molar-refractivity contribution is 7.99. The molecule has 2 aromatic heterocycles. The zero-order chi connectivity index (χ0) is 28.5. The lowest BCUT2D eigenvalue weighted by Gasteiger charge is -2.30. The highest BCUT2D eigenvalue weighted by Crippen LogP contribution is 2.45. The van der Waals surface area contributed by atoms with E-state index in [4.69, 9.17) is 17.2 Å². The van der Waals surface area contributed by atoms with Crippen molar-refractivity contribution in [3.8, 4) is 0 Å². The number of hydrogen-bond acceptors (Lipinski definition) is 5. The molecule has 1 saturated heterocycles. The number of nitrogens with zero attached hydrogens (tertiary/aromatic N) is 4. The van der Waals surface area contributed by atoms with Gasteiger partial charge in [-0.3, -0.25) is 15.1 Å². The summed E-state index contributed by atoms with van der Waals surface area (Å²) in [5, 5.41) is 15.3. The number of pyridine rings is 1. The monoisotopic (exact) mass is 583 g/mol. The third-order valence-corrected chi connectivity index (χ3v) is 9.61. The summed E-state index contributed by atoms with van der Waals surface area (Å²) in [6.45, 7) is 4.49. The number of nitro benzene ring substituents is 1. The molecule has 3 heterocycles. The Bertz CT molecular complexity index is 1550. The molecule has 2 fully saturated rings. The normalized spacial score (nSPS) is 19.4. The molecule has 1 aliphatic heterocycles. The van der Waals surface area contributed by atoms with Crippen molar-refractivity contribution >= 4 is 40.5 Å². The standard InChI is InChI=1S/C32H33N5O2S2/c1-21-20-28(22(2)35(21)23-8-4-3-5-9-23)31-30(29-10-6-7-19-33-29)34-32(40)36(31)24-11-15-26(16-12-24)41-27-17-13-25(14-18-27)37(38)39/h6-7,10-20,23,30-31H,3-5,8-9H2,1-2H3,(H,34,40). The van der Waals surface area contributed by atoms with Crippen LogP contribution in [-0.4, -0.2) is 19.6 Å². The molecule has 0 spiro atoms. The molecule has 9 heteroatoms. The first-order valence-corrected chi connectivity index (χ1v) is 15.3. The third kappa shape index (κ3) is 5.48. The SMILES string of the molecule is Cc1cc(C2C(c3ccccn3)NC(=S)N2c2ccc(Sc3ccc([N+](=O)[O-])cc3)cc2)c(C)n1C1CCCCC1. The predicted molar refractivity (Wildman–Crippen MR) is 168 cm³/mol. The lowest BCUT2D eigenvalue weighted by atomic mass is 9.94. The zero-order valence-corrected chi connectivity index (χ0v) is 24.8. The number of hydrogen-bond donors (Lipinski definition) is 1. The van der Waals surface area contributed by atoms with Crippen molar-refractivity contribution in [3.63, 3.8) is 0 Å². The van der Waals surface area contributed by atoms with Crippen molar-refractivity contribution in [3.05, 3.63) is 112 Å². The lowest BCUT2D eigenvalue weighted by molar-refractivity contribution is -0.384. The van der Waals surface area contributed by atoms with E-state index in [-0.39, 0.29) is 22.7 Å². The number of anilines is 1. The summed E-state index contributed by atoms with van der Waals surface area (Å²) in [5.74, 6) is 0. The van der Waals surface area contributed by atoms with Crippen molar-refractivity contribution in [2.45, 2.75) is 73.9 Å². The molecule has 4 aromatic rings. The van der Waals surface area contributed by atoms with Gasteiger partial charge >= 0.3 is 0 Å². The fourth-order valence-corrected chi connectivity index (χ4v) is 7.56. The van der Waals surface area contributed by atoms with Crippen LogP contribution in [0.15, 0.2) is 88.8 Å². The van der Waals surface area contributed by atoms with E-state index in [0.717, 1.165) is 21.2 Å². The molecule has 1 aliphatic carbocycles. The smallest absolute Gasteiger partial charge is 0.269 e. The van der Waals surface area contributed by atoms with Crippen LogP contribution in [0.1, 0.15) is 72.9 Å². The Morgan fingerprint density at radius 3 is 2.29 bits per heavy atom. The van der Waals surface area contributed by atoms with Gasteiger partial charge in [0.05, 0.1) is 22.7 Å². The van der Waals surface area contributed by atoms with Gasteiger partial charge in [0.2, 0.25) is 0 Å². The van der Waals surface area contributed by atoms with Gasteiger partial charge in [0.25, 0.3) is 5.69 Å². The van der Waals surface area contributed by atoms with Crippen LogP contribution in [-0.2, 0) is 0 Å². The quantitative estimate of drug-likeness (QED) is 0.133. The molecule has 2 unspecified atom stereocenters. The molecule has 2 aliphatic rings. The van der Waals surface area contributed by atoms with Crippen LogP contribution in [0.4, 0.5) is 11.4 Å². The van der Waals surface area contributed by atoms with Crippen molar-refractivity contribution < 1.29 is 4.92 Å². The maximum Gasteiger partial charge on any atom is 0.269 e. The van der Waals surface area contributed by atoms with E-state index in [9.17, 15) is 10.1 Å². The average Bonchev–Trinajstić information content (AvgIpc) is 3.49. The van der Waals surface area contributed by atoms with Gasteiger partial charge in [-0.05, 0) is 99.1 Å². The zero-order valence-electron chi connectivity index (χ0n) is 23.2. The van der Waals surface area contributed by atoms with E-state index in [2.05, 4.69) is 65.0 Å². The topological polar surface area (TPSA) is 76.2 Å². The van der Waals surface area contributed by atoms with Gasteiger partial charge in [0, 0.05) is 51.2 Å². The molecule has 41 heavy (non-hydrogen) atoms. The second kappa shape index (κ2) is 11.7. The summed E-state index contributed by atoms with van der Waals surface area (Å²) in [7, 11) is 0. The number of thiocarbonyl (C=S) groups is 1. The van der Waals surface area contributed by atoms with Crippen LogP contribution in [0.2, 0.25) is 0 Å². The summed E-state index contributed by atoms with van der Waals surface area (Å²) in [5.41, 5.74) is 5.96. The molecule has 1 N–H and O–H groups in total. The Balaban J connectivity index is 1.34. The minimum absolute atomic E-state index is 0.0471. The minimum atomic E-state index is -0.378. The summed E-state index contributed by atoms with van der Waals surface area (Å²) in [6, 6.07) is 23.8. The van der Waals surface area contributed by atoms with Crippen LogP contribution in [0.25, 0.3) is 0 Å². The summed E-state index contributed by atoms with van der Waals surface area (Å²) in [4.78, 5) is 19.6. The number of non-ortho nitro benzene ring substituents is 1. The van der Waals surface area contributed by atoms with Crippen LogP contribution >= 0.6 is 24.0 Å². The molecule has 2 aromatic carbocycles. The number of aryl methyl sites for hydroxylation is 1. The van der Waals surface area contributed by atoms with Gasteiger partial charge in [-0.25, -0.2) is 0 Å². The molecule has 210 valence electrons.